The van der Waals surface area contributed by atoms with Crippen LogP contribution in [0.25, 0.3) is 0 Å². The Morgan fingerprint density at radius 2 is 2.10 bits per heavy atom. The van der Waals surface area contributed by atoms with Gasteiger partial charge in [0, 0.05) is 26.2 Å². The van der Waals surface area contributed by atoms with Crippen molar-refractivity contribution in [3.8, 4) is 0 Å². The van der Waals surface area contributed by atoms with Gasteiger partial charge < -0.3 is 20.3 Å². The molecule has 0 bridgehead atoms. The molecule has 2 aliphatic rings. The zero-order valence-corrected chi connectivity index (χ0v) is 12.5. The van der Waals surface area contributed by atoms with Gasteiger partial charge in [-0.05, 0) is 19.0 Å². The van der Waals surface area contributed by atoms with Gasteiger partial charge in [-0.15, -0.1) is 0 Å². The third-order valence-corrected chi connectivity index (χ3v) is 4.51. The fourth-order valence-electron chi connectivity index (χ4n) is 3.16. The monoisotopic (exact) mass is 289 g/mol. The van der Waals surface area contributed by atoms with Crippen LogP contribution in [-0.4, -0.2) is 61.1 Å². The molecule has 114 valence electrons. The molecule has 0 spiro atoms. The van der Waals surface area contributed by atoms with E-state index >= 15 is 0 Å². The second-order valence-electron chi connectivity index (χ2n) is 6.15. The molecule has 5 nitrogen and oxygen atoms in total. The number of ether oxygens (including phenoxy) is 1. The summed E-state index contributed by atoms with van der Waals surface area (Å²) in [5.41, 5.74) is 6.60. The highest BCUT2D eigenvalue weighted by Crippen LogP contribution is 2.29. The number of carbonyl (C=O) groups is 1. The van der Waals surface area contributed by atoms with Gasteiger partial charge in [0.15, 0.2) is 0 Å². The van der Waals surface area contributed by atoms with Gasteiger partial charge in [-0.1, -0.05) is 30.3 Å². The average molecular weight is 289 g/mol. The minimum Gasteiger partial charge on any atom is -0.379 e. The predicted molar refractivity (Wildman–Crippen MR) is 80.7 cm³/mol. The molecule has 0 aliphatic carbocycles. The second-order valence-corrected chi connectivity index (χ2v) is 6.15. The molecule has 2 atom stereocenters. The second kappa shape index (κ2) is 5.75. The third-order valence-electron chi connectivity index (χ3n) is 4.51. The van der Waals surface area contributed by atoms with Gasteiger partial charge in [0.1, 0.15) is 5.54 Å². The van der Waals surface area contributed by atoms with Crippen molar-refractivity contribution in [1.82, 2.24) is 9.80 Å². The van der Waals surface area contributed by atoms with Gasteiger partial charge in [-0.3, -0.25) is 4.79 Å². The Morgan fingerprint density at radius 3 is 2.76 bits per heavy atom. The molecule has 2 aliphatic heterocycles. The van der Waals surface area contributed by atoms with Gasteiger partial charge in [-0.2, -0.15) is 0 Å². The summed E-state index contributed by atoms with van der Waals surface area (Å²) in [6.07, 6.45) is 0.611. The van der Waals surface area contributed by atoms with Crippen LogP contribution < -0.4 is 5.73 Å². The minimum absolute atomic E-state index is 0.0296. The molecule has 0 radical (unpaired) electrons. The third kappa shape index (κ3) is 2.81. The van der Waals surface area contributed by atoms with Crippen molar-refractivity contribution < 1.29 is 9.53 Å². The van der Waals surface area contributed by atoms with Crippen molar-refractivity contribution in [1.29, 1.82) is 0 Å². The molecular formula is C16H23N3O2. The van der Waals surface area contributed by atoms with E-state index in [0.29, 0.717) is 26.2 Å². The standard InChI is InChI=1S/C16H23N3O2/c1-18-8-9-19(15(20)16(17)7-10-21-12-16)14(11-18)13-5-3-2-4-6-13/h2-6,14H,7-12,17H2,1H3. The van der Waals surface area contributed by atoms with E-state index in [4.69, 9.17) is 10.5 Å². The lowest BCUT2D eigenvalue weighted by Gasteiger charge is -2.43. The Kier molecular flexibility index (Phi) is 3.97. The van der Waals surface area contributed by atoms with E-state index in [1.165, 1.54) is 5.56 Å². The van der Waals surface area contributed by atoms with Crippen LogP contribution in [0.5, 0.6) is 0 Å². The number of hydrogen-bond donors (Lipinski definition) is 1. The number of rotatable bonds is 2. The van der Waals surface area contributed by atoms with Crippen LogP contribution in [0.15, 0.2) is 30.3 Å². The first-order valence-corrected chi connectivity index (χ1v) is 7.51. The summed E-state index contributed by atoms with van der Waals surface area (Å²) in [5.74, 6) is 0.0296. The fourth-order valence-corrected chi connectivity index (χ4v) is 3.16. The molecule has 1 aromatic rings. The van der Waals surface area contributed by atoms with Gasteiger partial charge in [-0.25, -0.2) is 0 Å². The number of likely N-dealkylation sites (N-methyl/N-ethyl adjacent to an activating group) is 1. The highest BCUT2D eigenvalue weighted by Gasteiger charge is 2.44. The Hall–Kier alpha value is -1.43. The van der Waals surface area contributed by atoms with Crippen molar-refractivity contribution in [2.45, 2.75) is 18.0 Å². The predicted octanol–water partition coefficient (Wildman–Crippen LogP) is 0.620. The highest BCUT2D eigenvalue weighted by molar-refractivity contribution is 5.87. The van der Waals surface area contributed by atoms with E-state index < -0.39 is 5.54 Å². The number of piperazine rings is 1. The lowest BCUT2D eigenvalue weighted by molar-refractivity contribution is -0.142. The van der Waals surface area contributed by atoms with E-state index in [9.17, 15) is 4.79 Å². The number of carbonyl (C=O) groups excluding carboxylic acids is 1. The molecule has 2 heterocycles. The van der Waals surface area contributed by atoms with Crippen LogP contribution in [0, 0.1) is 0 Å². The van der Waals surface area contributed by atoms with Crippen molar-refractivity contribution >= 4 is 5.91 Å². The maximum atomic E-state index is 12.9. The summed E-state index contributed by atoms with van der Waals surface area (Å²) in [6.45, 7) is 3.35. The van der Waals surface area contributed by atoms with E-state index in [2.05, 4.69) is 24.1 Å². The first kappa shape index (κ1) is 14.5. The highest BCUT2D eigenvalue weighted by atomic mass is 16.5. The first-order chi connectivity index (χ1) is 10.1. The number of hydrogen-bond acceptors (Lipinski definition) is 4. The Balaban J connectivity index is 1.86. The fraction of sp³-hybridized carbons (Fsp3) is 0.562. The summed E-state index contributed by atoms with van der Waals surface area (Å²) >= 11 is 0. The molecule has 1 amide bonds. The van der Waals surface area contributed by atoms with Gasteiger partial charge in [0.2, 0.25) is 5.91 Å². The summed E-state index contributed by atoms with van der Waals surface area (Å²) in [4.78, 5) is 17.1. The molecule has 2 N–H and O–H groups in total. The van der Waals surface area contributed by atoms with E-state index in [1.807, 2.05) is 23.1 Å². The molecule has 2 saturated heterocycles. The summed E-state index contributed by atoms with van der Waals surface area (Å²) in [7, 11) is 2.09. The van der Waals surface area contributed by atoms with E-state index in [0.717, 1.165) is 13.1 Å². The summed E-state index contributed by atoms with van der Waals surface area (Å²) < 4.78 is 5.35. The largest absolute Gasteiger partial charge is 0.379 e. The zero-order chi connectivity index (χ0) is 14.9. The van der Waals surface area contributed by atoms with Gasteiger partial charge in [0.25, 0.3) is 0 Å². The van der Waals surface area contributed by atoms with Crippen LogP contribution in [0.4, 0.5) is 0 Å². The Labute approximate surface area is 125 Å². The van der Waals surface area contributed by atoms with E-state index in [1.54, 1.807) is 0 Å². The van der Waals surface area contributed by atoms with Crippen LogP contribution >= 0.6 is 0 Å². The number of benzene rings is 1. The van der Waals surface area contributed by atoms with Crippen molar-refractivity contribution in [2.24, 2.45) is 5.73 Å². The van der Waals surface area contributed by atoms with Crippen molar-refractivity contribution in [3.05, 3.63) is 35.9 Å². The van der Waals surface area contributed by atoms with E-state index in [-0.39, 0.29) is 11.9 Å². The summed E-state index contributed by atoms with van der Waals surface area (Å²) in [5, 5.41) is 0. The number of nitrogens with zero attached hydrogens (tertiary/aromatic N) is 2. The summed E-state index contributed by atoms with van der Waals surface area (Å²) in [6, 6.07) is 10.3. The Morgan fingerprint density at radius 1 is 1.33 bits per heavy atom. The minimum atomic E-state index is -0.844. The van der Waals surface area contributed by atoms with Crippen molar-refractivity contribution in [2.75, 3.05) is 39.9 Å². The van der Waals surface area contributed by atoms with Crippen LogP contribution in [0.2, 0.25) is 0 Å². The average Bonchev–Trinajstić information content (AvgIpc) is 2.95. The molecule has 2 unspecified atom stereocenters. The molecular weight excluding hydrogens is 266 g/mol. The Bertz CT molecular complexity index is 500. The van der Waals surface area contributed by atoms with Gasteiger partial charge >= 0.3 is 0 Å². The topological polar surface area (TPSA) is 58.8 Å². The first-order valence-electron chi connectivity index (χ1n) is 7.51. The quantitative estimate of drug-likeness (QED) is 0.867. The molecule has 21 heavy (non-hydrogen) atoms. The maximum Gasteiger partial charge on any atom is 0.245 e. The van der Waals surface area contributed by atoms with Gasteiger partial charge in [0.05, 0.1) is 12.6 Å². The molecule has 0 saturated carbocycles. The van der Waals surface area contributed by atoms with Crippen LogP contribution in [0.3, 0.4) is 0 Å². The molecule has 2 fully saturated rings. The lowest BCUT2D eigenvalue weighted by Crippen LogP contribution is -2.60. The lowest BCUT2D eigenvalue weighted by atomic mass is 9.94. The number of amides is 1. The molecule has 3 rings (SSSR count). The maximum absolute atomic E-state index is 12.9. The number of nitrogens with two attached hydrogens (primary N) is 1. The zero-order valence-electron chi connectivity index (χ0n) is 12.5. The smallest absolute Gasteiger partial charge is 0.245 e. The molecule has 1 aromatic carbocycles. The normalized spacial score (nSPS) is 30.6. The van der Waals surface area contributed by atoms with Crippen LogP contribution in [0.1, 0.15) is 18.0 Å². The van der Waals surface area contributed by atoms with Crippen molar-refractivity contribution in [3.63, 3.8) is 0 Å². The molecule has 0 aromatic heterocycles. The molecule has 5 heteroatoms. The van der Waals surface area contributed by atoms with Crippen LogP contribution in [-0.2, 0) is 9.53 Å². The SMILES string of the molecule is CN1CCN(C(=O)C2(N)CCOC2)C(c2ccccc2)C1.